The predicted octanol–water partition coefficient (Wildman–Crippen LogP) is 1.88. The van der Waals surface area contributed by atoms with E-state index in [2.05, 4.69) is 9.97 Å². The van der Waals surface area contributed by atoms with E-state index in [0.717, 1.165) is 5.69 Å². The molecule has 1 aromatic heterocycles. The summed E-state index contributed by atoms with van der Waals surface area (Å²) >= 11 is 0. The molecule has 0 atom stereocenters. The normalized spacial score (nSPS) is 9.86. The highest BCUT2D eigenvalue weighted by Gasteiger charge is 2.11. The number of nitrogens with zero attached hydrogens (tertiary/aromatic N) is 4. The van der Waals surface area contributed by atoms with E-state index in [1.807, 2.05) is 6.07 Å². The third kappa shape index (κ3) is 3.12. The molecule has 0 aliphatic heterocycles. The zero-order valence-corrected chi connectivity index (χ0v) is 12.3. The lowest BCUT2D eigenvalue weighted by atomic mass is 10.2. The Kier molecular flexibility index (Phi) is 4.53. The Labute approximate surface area is 128 Å². The maximum atomic E-state index is 11.6. The minimum atomic E-state index is -0.365. The second-order valence-electron chi connectivity index (χ2n) is 4.40. The lowest BCUT2D eigenvalue weighted by Gasteiger charge is -2.18. The van der Waals surface area contributed by atoms with Crippen molar-refractivity contribution >= 4 is 23.3 Å². The third-order valence-electron chi connectivity index (χ3n) is 3.00. The summed E-state index contributed by atoms with van der Waals surface area (Å²) in [5.41, 5.74) is 6.89. The molecule has 0 saturated heterocycles. The molecule has 2 aromatic rings. The van der Waals surface area contributed by atoms with Crippen LogP contribution < -0.4 is 10.6 Å². The highest BCUT2D eigenvalue weighted by Crippen LogP contribution is 2.22. The summed E-state index contributed by atoms with van der Waals surface area (Å²) in [6, 6.07) is 8.75. The number of carbonyl (C=O) groups excluding carboxylic acids is 1. The summed E-state index contributed by atoms with van der Waals surface area (Å²) in [6.07, 6.45) is 1.48. The standard InChI is InChI=1S/C15H15N5O2/c1-3-22-15(21)10-4-6-11(7-5-10)20(2)13-9-18-14(17)12(8-16)19-13/h4-7,9H,3H2,1-2H3,(H2,17,18). The van der Waals surface area contributed by atoms with Gasteiger partial charge in [0.1, 0.15) is 6.07 Å². The molecule has 7 heteroatoms. The van der Waals surface area contributed by atoms with Crippen molar-refractivity contribution in [1.82, 2.24) is 9.97 Å². The van der Waals surface area contributed by atoms with E-state index in [4.69, 9.17) is 15.7 Å². The number of hydrogen-bond acceptors (Lipinski definition) is 7. The Hall–Kier alpha value is -3.14. The molecule has 22 heavy (non-hydrogen) atoms. The molecule has 7 nitrogen and oxygen atoms in total. The molecule has 0 fully saturated rings. The number of ether oxygens (including phenoxy) is 1. The smallest absolute Gasteiger partial charge is 0.338 e. The number of aromatic nitrogens is 2. The topological polar surface area (TPSA) is 105 Å². The molecule has 1 heterocycles. The fraction of sp³-hybridized carbons (Fsp3) is 0.200. The van der Waals surface area contributed by atoms with Crippen molar-refractivity contribution in [3.05, 3.63) is 41.7 Å². The van der Waals surface area contributed by atoms with Gasteiger partial charge >= 0.3 is 5.97 Å². The van der Waals surface area contributed by atoms with Gasteiger partial charge in [-0.3, -0.25) is 0 Å². The van der Waals surface area contributed by atoms with Crippen molar-refractivity contribution < 1.29 is 9.53 Å². The van der Waals surface area contributed by atoms with E-state index in [0.29, 0.717) is 18.0 Å². The monoisotopic (exact) mass is 297 g/mol. The molecular formula is C15H15N5O2. The van der Waals surface area contributed by atoms with E-state index in [-0.39, 0.29) is 17.5 Å². The lowest BCUT2D eigenvalue weighted by molar-refractivity contribution is 0.0526. The summed E-state index contributed by atoms with van der Waals surface area (Å²) in [5, 5.41) is 8.94. The number of nitrogens with two attached hydrogens (primary N) is 1. The van der Waals surface area contributed by atoms with Gasteiger partial charge in [0.2, 0.25) is 0 Å². The Morgan fingerprint density at radius 3 is 2.68 bits per heavy atom. The van der Waals surface area contributed by atoms with Crippen LogP contribution in [-0.2, 0) is 4.74 Å². The van der Waals surface area contributed by atoms with E-state index in [9.17, 15) is 4.79 Å². The third-order valence-corrected chi connectivity index (χ3v) is 3.00. The molecule has 0 bridgehead atoms. The SMILES string of the molecule is CCOC(=O)c1ccc(N(C)c2cnc(N)c(C#N)n2)cc1. The van der Waals surface area contributed by atoms with Gasteiger partial charge in [0.15, 0.2) is 17.3 Å². The number of nitrogen functional groups attached to an aromatic ring is 1. The molecule has 1 aromatic carbocycles. The quantitative estimate of drug-likeness (QED) is 0.859. The maximum absolute atomic E-state index is 11.6. The van der Waals surface area contributed by atoms with Gasteiger partial charge < -0.3 is 15.4 Å². The second-order valence-corrected chi connectivity index (χ2v) is 4.40. The average Bonchev–Trinajstić information content (AvgIpc) is 2.55. The molecule has 0 amide bonds. The lowest BCUT2D eigenvalue weighted by Crippen LogP contribution is -2.13. The van der Waals surface area contributed by atoms with Gasteiger partial charge in [-0.2, -0.15) is 5.26 Å². The first-order chi connectivity index (χ1) is 10.6. The molecule has 0 radical (unpaired) electrons. The molecule has 0 saturated carbocycles. The van der Waals surface area contributed by atoms with Crippen LogP contribution in [0.3, 0.4) is 0 Å². The predicted molar refractivity (Wildman–Crippen MR) is 81.6 cm³/mol. The number of rotatable bonds is 4. The number of nitriles is 1. The van der Waals surface area contributed by atoms with Crippen molar-refractivity contribution in [3.8, 4) is 6.07 Å². The van der Waals surface area contributed by atoms with Gasteiger partial charge in [-0.25, -0.2) is 14.8 Å². The summed E-state index contributed by atoms with van der Waals surface area (Å²) in [5.74, 6) is 0.211. The number of carbonyl (C=O) groups is 1. The van der Waals surface area contributed by atoms with Crippen LogP contribution in [0.4, 0.5) is 17.3 Å². The first-order valence-electron chi connectivity index (χ1n) is 6.60. The molecular weight excluding hydrogens is 282 g/mol. The summed E-state index contributed by atoms with van der Waals surface area (Å²) in [6.45, 7) is 2.09. The van der Waals surface area contributed by atoms with Crippen LogP contribution in [-0.4, -0.2) is 29.6 Å². The Balaban J connectivity index is 2.25. The Bertz CT molecular complexity index is 722. The molecule has 0 unspecified atom stereocenters. The van der Waals surface area contributed by atoms with E-state index in [1.54, 1.807) is 43.1 Å². The molecule has 2 N–H and O–H groups in total. The number of esters is 1. The van der Waals surface area contributed by atoms with Crippen LogP contribution in [0.1, 0.15) is 23.0 Å². The minimum absolute atomic E-state index is 0.0764. The van der Waals surface area contributed by atoms with Gasteiger partial charge in [0.25, 0.3) is 0 Å². The van der Waals surface area contributed by atoms with Gasteiger partial charge in [-0.15, -0.1) is 0 Å². The second kappa shape index (κ2) is 6.54. The van der Waals surface area contributed by atoms with E-state index in [1.165, 1.54) is 6.20 Å². The maximum Gasteiger partial charge on any atom is 0.338 e. The fourth-order valence-electron chi connectivity index (χ4n) is 1.80. The van der Waals surface area contributed by atoms with Gasteiger partial charge in [-0.1, -0.05) is 0 Å². The summed E-state index contributed by atoms with van der Waals surface area (Å²) in [4.78, 5) is 21.4. The van der Waals surface area contributed by atoms with E-state index < -0.39 is 0 Å². The zero-order valence-electron chi connectivity index (χ0n) is 12.3. The van der Waals surface area contributed by atoms with Crippen molar-refractivity contribution in [2.24, 2.45) is 0 Å². The minimum Gasteiger partial charge on any atom is -0.462 e. The van der Waals surface area contributed by atoms with Crippen LogP contribution in [0.25, 0.3) is 0 Å². The highest BCUT2D eigenvalue weighted by molar-refractivity contribution is 5.89. The summed E-state index contributed by atoms with van der Waals surface area (Å²) in [7, 11) is 1.78. The Morgan fingerprint density at radius 2 is 2.09 bits per heavy atom. The fourth-order valence-corrected chi connectivity index (χ4v) is 1.80. The molecule has 0 aliphatic carbocycles. The zero-order chi connectivity index (χ0) is 16.1. The van der Waals surface area contributed by atoms with Gasteiger partial charge in [-0.05, 0) is 31.2 Å². The molecule has 0 aliphatic rings. The number of hydrogen-bond donors (Lipinski definition) is 1. The summed E-state index contributed by atoms with van der Waals surface area (Å²) < 4.78 is 4.93. The van der Waals surface area contributed by atoms with Crippen LogP contribution in [0, 0.1) is 11.3 Å². The van der Waals surface area contributed by atoms with Gasteiger partial charge in [0.05, 0.1) is 18.4 Å². The van der Waals surface area contributed by atoms with Crippen LogP contribution in [0.5, 0.6) is 0 Å². The molecule has 0 spiro atoms. The van der Waals surface area contributed by atoms with Crippen LogP contribution >= 0.6 is 0 Å². The Morgan fingerprint density at radius 1 is 1.41 bits per heavy atom. The van der Waals surface area contributed by atoms with Crippen molar-refractivity contribution in [1.29, 1.82) is 5.26 Å². The first kappa shape index (κ1) is 15.3. The average molecular weight is 297 g/mol. The first-order valence-corrected chi connectivity index (χ1v) is 6.60. The largest absolute Gasteiger partial charge is 0.462 e. The molecule has 112 valence electrons. The van der Waals surface area contributed by atoms with Crippen molar-refractivity contribution in [3.63, 3.8) is 0 Å². The van der Waals surface area contributed by atoms with Gasteiger partial charge in [0, 0.05) is 12.7 Å². The molecule has 2 rings (SSSR count). The van der Waals surface area contributed by atoms with E-state index >= 15 is 0 Å². The highest BCUT2D eigenvalue weighted by atomic mass is 16.5. The van der Waals surface area contributed by atoms with Crippen LogP contribution in [0.2, 0.25) is 0 Å². The number of benzene rings is 1. The number of anilines is 3. The van der Waals surface area contributed by atoms with Crippen molar-refractivity contribution in [2.45, 2.75) is 6.92 Å². The van der Waals surface area contributed by atoms with Crippen LogP contribution in [0.15, 0.2) is 30.5 Å². The van der Waals surface area contributed by atoms with Crippen molar-refractivity contribution in [2.75, 3.05) is 24.3 Å².